The summed E-state index contributed by atoms with van der Waals surface area (Å²) in [6.45, 7) is 1.01. The van der Waals surface area contributed by atoms with Crippen molar-refractivity contribution >= 4 is 16.7 Å². The number of benzene rings is 3. The molecule has 6 N–H and O–H groups in total. The van der Waals surface area contributed by atoms with Crippen molar-refractivity contribution < 1.29 is 22.9 Å². The summed E-state index contributed by atoms with van der Waals surface area (Å²) in [5, 5.41) is 8.60. The zero-order valence-corrected chi connectivity index (χ0v) is 25.5. The van der Waals surface area contributed by atoms with E-state index in [9.17, 15) is 18.0 Å². The van der Waals surface area contributed by atoms with Crippen LogP contribution in [0.4, 0.5) is 13.2 Å². The summed E-state index contributed by atoms with van der Waals surface area (Å²) in [6, 6.07) is 33.2. The molecule has 6 rings (SSSR count). The molecule has 8 nitrogen and oxygen atoms in total. The smallest absolute Gasteiger partial charge is 0.333 e. The second kappa shape index (κ2) is 15.6. The second-order valence-electron chi connectivity index (χ2n) is 10.1. The average molecular weight is 627 g/mol. The van der Waals surface area contributed by atoms with Crippen molar-refractivity contribution in [1.29, 1.82) is 0 Å². The Morgan fingerprint density at radius 1 is 0.848 bits per heavy atom. The molecule has 11 heteroatoms. The predicted molar refractivity (Wildman–Crippen MR) is 173 cm³/mol. The lowest BCUT2D eigenvalue weighted by molar-refractivity contribution is -0.330. The Morgan fingerprint density at radius 3 is 2.04 bits per heavy atom. The highest BCUT2D eigenvalue weighted by Gasteiger charge is 2.33. The summed E-state index contributed by atoms with van der Waals surface area (Å²) < 4.78 is 32.5. The van der Waals surface area contributed by atoms with Crippen LogP contribution in [0.1, 0.15) is 24.0 Å². The van der Waals surface area contributed by atoms with Gasteiger partial charge in [-0.15, -0.1) is 0 Å². The third-order valence-electron chi connectivity index (χ3n) is 7.01. The molecule has 3 aromatic heterocycles. The largest absolute Gasteiger partial charge is 0.449 e. The Morgan fingerprint density at radius 2 is 1.46 bits per heavy atom. The number of rotatable bonds is 7. The first-order chi connectivity index (χ1) is 22.2. The van der Waals surface area contributed by atoms with E-state index in [2.05, 4.69) is 75.5 Å². The molecule has 3 heterocycles. The van der Waals surface area contributed by atoms with E-state index in [-0.39, 0.29) is 0 Å². The van der Waals surface area contributed by atoms with E-state index in [0.29, 0.717) is 19.3 Å². The van der Waals surface area contributed by atoms with Crippen molar-refractivity contribution in [2.75, 3.05) is 7.05 Å². The van der Waals surface area contributed by atoms with Crippen molar-refractivity contribution in [3.05, 3.63) is 120 Å². The number of Topliss-reactive ketones (excluding diaryl/α,β-unsaturated/α-hetero) is 1. The summed E-state index contributed by atoms with van der Waals surface area (Å²) in [6.07, 6.45) is -1.31. The Labute approximate surface area is 264 Å². The van der Waals surface area contributed by atoms with Crippen LogP contribution in [0, 0.1) is 0 Å². The third kappa shape index (κ3) is 8.46. The number of fused-ring (bicyclic) bond motifs is 1. The van der Waals surface area contributed by atoms with Gasteiger partial charge < -0.3 is 11.5 Å². The van der Waals surface area contributed by atoms with Gasteiger partial charge in [0.05, 0.1) is 16.6 Å². The van der Waals surface area contributed by atoms with Crippen molar-refractivity contribution in [3.63, 3.8) is 0 Å². The Bertz CT molecular complexity index is 1860. The first-order valence-electron chi connectivity index (χ1n) is 14.5. The molecule has 0 aliphatic heterocycles. The van der Waals surface area contributed by atoms with Gasteiger partial charge in [0, 0.05) is 43.3 Å². The molecular formula is C35H35F3N7O+. The Kier molecular flexibility index (Phi) is 11.4. The molecule has 236 valence electrons. The first kappa shape index (κ1) is 33.6. The number of aromatic amines is 2. The number of aromatic nitrogens is 5. The highest BCUT2D eigenvalue weighted by atomic mass is 19.4. The lowest BCUT2D eigenvalue weighted by atomic mass is 9.96. The van der Waals surface area contributed by atoms with Gasteiger partial charge >= 0.3 is 6.18 Å². The first-order valence-corrected chi connectivity index (χ1v) is 14.5. The molecule has 0 spiro atoms. The number of carbonyl (C=O) groups excluding carboxylic acids is 1. The maximum absolute atomic E-state index is 10.8. The van der Waals surface area contributed by atoms with Crippen LogP contribution in [-0.2, 0) is 24.2 Å². The van der Waals surface area contributed by atoms with Gasteiger partial charge in [-0.3, -0.25) is 14.9 Å². The minimum atomic E-state index is -4.64. The minimum absolute atomic E-state index is 0.486. The lowest BCUT2D eigenvalue weighted by Crippen LogP contribution is -2.18. The molecule has 0 aliphatic rings. The Balaban J connectivity index is 0.000000475. The predicted octanol–water partition coefficient (Wildman–Crippen LogP) is 6.12. The molecule has 0 saturated carbocycles. The Hall–Kier alpha value is -5.26. The van der Waals surface area contributed by atoms with E-state index in [1.165, 1.54) is 7.05 Å². The number of nitrogens with two attached hydrogens (primary N) is 2. The molecule has 0 amide bonds. The van der Waals surface area contributed by atoms with Gasteiger partial charge in [0.1, 0.15) is 5.82 Å². The highest BCUT2D eigenvalue weighted by Crippen LogP contribution is 2.32. The van der Waals surface area contributed by atoms with E-state index < -0.39 is 12.0 Å². The molecule has 0 aliphatic carbocycles. The van der Waals surface area contributed by atoms with Crippen LogP contribution in [-0.4, -0.2) is 39.2 Å². The van der Waals surface area contributed by atoms with Crippen LogP contribution in [0.5, 0.6) is 0 Å². The summed E-state index contributed by atoms with van der Waals surface area (Å²) in [4.78, 5) is 22.5. The molecule has 0 radical (unpaired) electrons. The van der Waals surface area contributed by atoms with Gasteiger partial charge in [-0.25, -0.2) is 9.97 Å². The van der Waals surface area contributed by atoms with Gasteiger partial charge in [-0.2, -0.15) is 18.3 Å². The number of hydrogen-bond donors (Lipinski definition) is 3. The normalized spacial score (nSPS) is 10.8. The summed E-state index contributed by atoms with van der Waals surface area (Å²) in [5.41, 5.74) is 19.0. The number of alkyl halides is 3. The van der Waals surface area contributed by atoms with Gasteiger partial charge in [0.2, 0.25) is 17.0 Å². The zero-order valence-electron chi connectivity index (χ0n) is 25.5. The number of H-pyrrole nitrogens is 2. The summed E-state index contributed by atoms with van der Waals surface area (Å²) in [7, 11) is 1.50. The number of hydrogen-bond acceptors (Lipinski definition) is 6. The molecule has 0 unspecified atom stereocenters. The summed E-state index contributed by atoms with van der Waals surface area (Å²) in [5.74, 6) is -0.194. The maximum Gasteiger partial charge on any atom is 0.449 e. The van der Waals surface area contributed by atoms with Crippen LogP contribution in [0.25, 0.3) is 44.7 Å². The average Bonchev–Trinajstić information content (AvgIpc) is 3.57. The molecule has 0 bridgehead atoms. The molecule has 0 atom stereocenters. The van der Waals surface area contributed by atoms with Crippen LogP contribution in [0.2, 0.25) is 0 Å². The standard InChI is InChI=1S/C31H26N6.C3H3F3O.CH5N/c32-20-21-11-13-23(14-12-21)30-25(22-7-3-1-4-8-22)19-26-27(33-18-17-28(26)34-30)15-16-29-35-31(37-36-29)24-9-5-2-6-10-24;1-2(7)3(4,5)6;1-2/h1-14,17-19H,15-16,20,32H2,(H,35,36,37);1H3;2H2,1H3/p+1. The number of halogens is 3. The number of carbonyl (C=O) groups is 1. The van der Waals surface area contributed by atoms with Crippen molar-refractivity contribution in [1.82, 2.24) is 20.2 Å². The van der Waals surface area contributed by atoms with Crippen LogP contribution in [0.3, 0.4) is 0 Å². The molecule has 0 saturated heterocycles. The van der Waals surface area contributed by atoms with Crippen LogP contribution >= 0.6 is 0 Å². The van der Waals surface area contributed by atoms with Gasteiger partial charge in [0.25, 0.3) is 0 Å². The van der Waals surface area contributed by atoms with Crippen molar-refractivity contribution in [3.8, 4) is 33.8 Å². The van der Waals surface area contributed by atoms with E-state index in [0.717, 1.165) is 68.8 Å². The maximum atomic E-state index is 10.8. The number of nitrogens with zero attached hydrogens (tertiary/aromatic N) is 3. The second-order valence-corrected chi connectivity index (χ2v) is 10.1. The topological polar surface area (TPSA) is 138 Å². The number of nitrogens with one attached hydrogen (secondary N) is 2. The van der Waals surface area contributed by atoms with E-state index in [4.69, 9.17) is 15.7 Å². The zero-order chi connectivity index (χ0) is 33.1. The van der Waals surface area contributed by atoms with E-state index in [1.807, 2.05) is 48.7 Å². The van der Waals surface area contributed by atoms with Crippen LogP contribution < -0.4 is 16.5 Å². The van der Waals surface area contributed by atoms with Crippen molar-refractivity contribution in [2.45, 2.75) is 32.5 Å². The van der Waals surface area contributed by atoms with Gasteiger partial charge in [0.15, 0.2) is 5.82 Å². The molecule has 3 aromatic carbocycles. The molecular weight excluding hydrogens is 591 g/mol. The van der Waals surface area contributed by atoms with E-state index >= 15 is 0 Å². The number of ketones is 1. The van der Waals surface area contributed by atoms with E-state index in [1.54, 1.807) is 0 Å². The molecule has 6 aromatic rings. The minimum Gasteiger partial charge on any atom is -0.333 e. The SMILES string of the molecule is CC(=O)C(F)(F)F.CN.NCc1ccc(-c2[nH+]c3ccnc(CCc4nc(-c5ccccc5)n[nH]4)c3cc2-c2ccccc2)cc1. The molecule has 46 heavy (non-hydrogen) atoms. The van der Waals surface area contributed by atoms with Gasteiger partial charge in [-0.1, -0.05) is 72.8 Å². The van der Waals surface area contributed by atoms with Gasteiger partial charge in [-0.05, 0) is 42.8 Å². The molecule has 0 fully saturated rings. The third-order valence-corrected chi connectivity index (χ3v) is 7.01. The van der Waals surface area contributed by atoms with Crippen LogP contribution in [0.15, 0.2) is 103 Å². The van der Waals surface area contributed by atoms with Crippen molar-refractivity contribution in [2.24, 2.45) is 11.5 Å². The monoisotopic (exact) mass is 626 g/mol. The number of pyridine rings is 2. The summed E-state index contributed by atoms with van der Waals surface area (Å²) >= 11 is 0. The fourth-order valence-corrected chi connectivity index (χ4v) is 4.65. The quantitative estimate of drug-likeness (QED) is 0.195. The highest BCUT2D eigenvalue weighted by molar-refractivity contribution is 5.89. The fourth-order valence-electron chi connectivity index (χ4n) is 4.65. The fraction of sp³-hybridized carbons (Fsp3) is 0.171. The lowest BCUT2D eigenvalue weighted by Gasteiger charge is -2.09. The number of aryl methyl sites for hydroxylation is 2.